The molecule has 0 spiro atoms. The van der Waals surface area contributed by atoms with E-state index in [-0.39, 0.29) is 0 Å². The SMILES string of the molecule is Cc1c(-c2nccc3cnc(Nc4ccc(NSc5ccc(Cl)cn5)cc4)cc23)ccc2c1cnn2CC(C)(C)O. The quantitative estimate of drug-likeness (QED) is 0.158. The fourth-order valence-electron chi connectivity index (χ4n) is 4.69. The maximum Gasteiger partial charge on any atom is 0.130 e. The van der Waals surface area contributed by atoms with Crippen molar-refractivity contribution in [2.75, 3.05) is 10.0 Å². The zero-order chi connectivity index (χ0) is 28.6. The number of nitrogens with one attached hydrogen (secondary N) is 2. The molecule has 0 unspecified atom stereocenters. The fourth-order valence-corrected chi connectivity index (χ4v) is 5.40. The first-order chi connectivity index (χ1) is 19.7. The van der Waals surface area contributed by atoms with E-state index in [0.29, 0.717) is 11.6 Å². The predicted molar refractivity (Wildman–Crippen MR) is 168 cm³/mol. The number of aliphatic hydroxyl groups is 1. The Morgan fingerprint density at radius 1 is 0.902 bits per heavy atom. The Hall–Kier alpha value is -4.18. The molecule has 0 aliphatic heterocycles. The maximum absolute atomic E-state index is 10.3. The van der Waals surface area contributed by atoms with Gasteiger partial charge in [0.15, 0.2) is 0 Å². The van der Waals surface area contributed by atoms with E-state index in [1.165, 1.54) is 11.9 Å². The predicted octanol–water partition coefficient (Wildman–Crippen LogP) is 7.64. The molecule has 6 rings (SSSR count). The zero-order valence-corrected chi connectivity index (χ0v) is 24.3. The summed E-state index contributed by atoms with van der Waals surface area (Å²) in [6.45, 7) is 6.07. The molecule has 0 aliphatic carbocycles. The Kier molecular flexibility index (Phi) is 7.25. The zero-order valence-electron chi connectivity index (χ0n) is 22.8. The summed E-state index contributed by atoms with van der Waals surface area (Å²) in [6.07, 6.45) is 7.17. The second kappa shape index (κ2) is 11.0. The number of rotatable bonds is 8. The van der Waals surface area contributed by atoms with E-state index in [0.717, 1.165) is 60.7 Å². The fraction of sp³-hybridized carbons (Fsp3) is 0.161. The van der Waals surface area contributed by atoms with Gasteiger partial charge in [0.25, 0.3) is 0 Å². The van der Waals surface area contributed by atoms with Gasteiger partial charge in [-0.15, -0.1) is 0 Å². The van der Waals surface area contributed by atoms with Gasteiger partial charge < -0.3 is 15.1 Å². The summed E-state index contributed by atoms with van der Waals surface area (Å²) >= 11 is 7.34. The lowest BCUT2D eigenvalue weighted by atomic mass is 9.98. The molecule has 41 heavy (non-hydrogen) atoms. The molecule has 0 atom stereocenters. The van der Waals surface area contributed by atoms with Crippen molar-refractivity contribution in [1.29, 1.82) is 0 Å². The van der Waals surface area contributed by atoms with Gasteiger partial charge in [0, 0.05) is 63.6 Å². The number of halogens is 1. The molecule has 0 fully saturated rings. The van der Waals surface area contributed by atoms with Crippen LogP contribution in [0.3, 0.4) is 0 Å². The minimum absolute atomic E-state index is 0.415. The van der Waals surface area contributed by atoms with E-state index in [1.54, 1.807) is 20.0 Å². The summed E-state index contributed by atoms with van der Waals surface area (Å²) in [6, 6.07) is 19.8. The molecule has 10 heteroatoms. The number of benzene rings is 2. The highest BCUT2D eigenvalue weighted by atomic mass is 35.5. The second-order valence-electron chi connectivity index (χ2n) is 10.5. The largest absolute Gasteiger partial charge is 0.389 e. The second-order valence-corrected chi connectivity index (χ2v) is 11.7. The van der Waals surface area contributed by atoms with Gasteiger partial charge in [0.1, 0.15) is 10.8 Å². The van der Waals surface area contributed by atoms with Crippen LogP contribution in [-0.4, -0.2) is 35.4 Å². The van der Waals surface area contributed by atoms with E-state index in [1.807, 2.05) is 77.9 Å². The summed E-state index contributed by atoms with van der Waals surface area (Å²) < 4.78 is 5.14. The van der Waals surface area contributed by atoms with E-state index < -0.39 is 5.60 Å². The van der Waals surface area contributed by atoms with Crippen molar-refractivity contribution in [2.45, 2.75) is 37.9 Å². The molecule has 8 nitrogen and oxygen atoms in total. The highest BCUT2D eigenvalue weighted by Crippen LogP contribution is 2.34. The van der Waals surface area contributed by atoms with Crippen LogP contribution in [0.5, 0.6) is 0 Å². The van der Waals surface area contributed by atoms with E-state index in [2.05, 4.69) is 38.1 Å². The molecular formula is C31H28ClN7OS. The molecular weight excluding hydrogens is 554 g/mol. The maximum atomic E-state index is 10.3. The number of nitrogens with zero attached hydrogens (tertiary/aromatic N) is 5. The van der Waals surface area contributed by atoms with Crippen molar-refractivity contribution in [3.05, 3.63) is 96.0 Å². The van der Waals surface area contributed by atoms with E-state index >= 15 is 0 Å². The molecule has 0 aliphatic rings. The van der Waals surface area contributed by atoms with Gasteiger partial charge in [0.2, 0.25) is 0 Å². The average Bonchev–Trinajstić information content (AvgIpc) is 3.35. The molecule has 0 saturated carbocycles. The summed E-state index contributed by atoms with van der Waals surface area (Å²) in [7, 11) is 0. The van der Waals surface area contributed by atoms with Crippen LogP contribution in [0.15, 0.2) is 90.5 Å². The smallest absolute Gasteiger partial charge is 0.130 e. The first-order valence-corrected chi connectivity index (χ1v) is 14.3. The van der Waals surface area contributed by atoms with Crippen molar-refractivity contribution in [3.8, 4) is 11.3 Å². The van der Waals surface area contributed by atoms with Gasteiger partial charge >= 0.3 is 0 Å². The number of aromatic nitrogens is 5. The molecule has 4 aromatic heterocycles. The van der Waals surface area contributed by atoms with Gasteiger partial charge in [0.05, 0.1) is 34.6 Å². The molecule has 0 radical (unpaired) electrons. The Bertz CT molecular complexity index is 1850. The first-order valence-electron chi connectivity index (χ1n) is 13.1. The lowest BCUT2D eigenvalue weighted by Gasteiger charge is -2.18. The van der Waals surface area contributed by atoms with Gasteiger partial charge in [-0.2, -0.15) is 5.10 Å². The van der Waals surface area contributed by atoms with Crippen molar-refractivity contribution in [2.24, 2.45) is 0 Å². The minimum Gasteiger partial charge on any atom is -0.389 e. The van der Waals surface area contributed by atoms with Crippen LogP contribution in [0.4, 0.5) is 17.2 Å². The Morgan fingerprint density at radius 2 is 1.71 bits per heavy atom. The summed E-state index contributed by atoms with van der Waals surface area (Å²) in [5, 5.41) is 22.7. The van der Waals surface area contributed by atoms with Crippen molar-refractivity contribution >= 4 is 62.4 Å². The number of aryl methyl sites for hydroxylation is 1. The Balaban J connectivity index is 1.25. The molecule has 0 saturated heterocycles. The standard InChI is InChI=1S/C31H28ClN7OS/c1-19-24(9-10-27-26(19)17-36-39(27)18-31(2,3)40)30-25-14-28(34-15-20(25)12-13-33-30)37-22-5-7-23(8-6-22)38-41-29-11-4-21(32)16-35-29/h4-17,38,40H,18H2,1-3H3,(H,34,37). The van der Waals surface area contributed by atoms with E-state index in [4.69, 9.17) is 16.6 Å². The topological polar surface area (TPSA) is 101 Å². The highest BCUT2D eigenvalue weighted by Gasteiger charge is 2.18. The lowest BCUT2D eigenvalue weighted by Crippen LogP contribution is -2.26. The van der Waals surface area contributed by atoms with Crippen molar-refractivity contribution in [1.82, 2.24) is 24.7 Å². The normalized spacial score (nSPS) is 11.7. The van der Waals surface area contributed by atoms with Crippen LogP contribution < -0.4 is 10.0 Å². The highest BCUT2D eigenvalue weighted by molar-refractivity contribution is 8.00. The number of anilines is 3. The summed E-state index contributed by atoms with van der Waals surface area (Å²) in [5.41, 5.74) is 5.00. The van der Waals surface area contributed by atoms with Crippen molar-refractivity contribution in [3.63, 3.8) is 0 Å². The monoisotopic (exact) mass is 581 g/mol. The van der Waals surface area contributed by atoms with Crippen molar-refractivity contribution < 1.29 is 5.11 Å². The van der Waals surface area contributed by atoms with Crippen LogP contribution >= 0.6 is 23.5 Å². The molecule has 3 N–H and O–H groups in total. The summed E-state index contributed by atoms with van der Waals surface area (Å²) in [4.78, 5) is 13.7. The average molecular weight is 582 g/mol. The number of fused-ring (bicyclic) bond motifs is 2. The Morgan fingerprint density at radius 3 is 2.46 bits per heavy atom. The van der Waals surface area contributed by atoms with Gasteiger partial charge in [-0.3, -0.25) is 9.67 Å². The first kappa shape index (κ1) is 27.0. The van der Waals surface area contributed by atoms with Crippen LogP contribution in [0.2, 0.25) is 5.02 Å². The molecule has 0 bridgehead atoms. The van der Waals surface area contributed by atoms with Crippen LogP contribution in [0.1, 0.15) is 19.4 Å². The van der Waals surface area contributed by atoms with Crippen LogP contribution in [0.25, 0.3) is 32.9 Å². The third kappa shape index (κ3) is 5.97. The molecule has 0 amide bonds. The van der Waals surface area contributed by atoms with Gasteiger partial charge in [-0.1, -0.05) is 17.7 Å². The number of hydrogen-bond donors (Lipinski definition) is 3. The number of pyridine rings is 3. The van der Waals surface area contributed by atoms with E-state index in [9.17, 15) is 5.11 Å². The van der Waals surface area contributed by atoms with Gasteiger partial charge in [-0.05, 0) is 80.9 Å². The molecule has 4 heterocycles. The molecule has 206 valence electrons. The third-order valence-corrected chi connectivity index (χ3v) is 7.68. The minimum atomic E-state index is -0.857. The van der Waals surface area contributed by atoms with Gasteiger partial charge in [-0.25, -0.2) is 9.97 Å². The molecule has 6 aromatic rings. The lowest BCUT2D eigenvalue weighted by molar-refractivity contribution is 0.0591. The van der Waals surface area contributed by atoms with Crippen LogP contribution in [0, 0.1) is 6.92 Å². The van der Waals surface area contributed by atoms with Crippen LogP contribution in [-0.2, 0) is 6.54 Å². The Labute approximate surface area is 247 Å². The summed E-state index contributed by atoms with van der Waals surface area (Å²) in [5.74, 6) is 0.726. The molecule has 2 aromatic carbocycles. The third-order valence-electron chi connectivity index (χ3n) is 6.67. The number of hydrogen-bond acceptors (Lipinski definition) is 8.